The van der Waals surface area contributed by atoms with E-state index in [1.54, 1.807) is 6.08 Å². The molecule has 0 radical (unpaired) electrons. The van der Waals surface area contributed by atoms with Gasteiger partial charge in [-0.25, -0.2) is 4.79 Å². The summed E-state index contributed by atoms with van der Waals surface area (Å²) >= 11 is 0. The number of ether oxygens (including phenoxy) is 10. The third-order valence-corrected chi connectivity index (χ3v) is 21.6. The molecule has 0 bridgehead atoms. The predicted octanol–water partition coefficient (Wildman–Crippen LogP) is 0.518. The average molecular weight is 1600 g/mol. The molecule has 648 valence electrons. The Kier molecular flexibility index (Phi) is 47.0. The van der Waals surface area contributed by atoms with E-state index in [1.807, 2.05) is 6.08 Å². The Bertz CT molecular complexity index is 2570. The SMILES string of the molecule is CCCCCCCCCCCCC/C=C/[C@@H](O)[C@H](CO[C@@H]1OC(CO)[C@@H](O[C@@H]2OC(CO)[C@H](O[C@@H]3OC(CO[C@]4(C(=O)O)CC(O)[C@@H](NC(C)=O)C([C@H](O)[C@H](O)CO)O4)[C@H](O)[C@H](O[C@@H]4OC(CO)[C@H](O)[C@H](O)C4O)C3NC(C)=O)[C@H](O)C2O)[C@H](O)C1O)NC(=O)CCCCCCCCCCCCCCCCCCCCC. The average Bonchev–Trinajstić information content (AvgIpc) is 0.778. The van der Waals surface area contributed by atoms with Crippen LogP contribution in [0.4, 0.5) is 0 Å². The summed E-state index contributed by atoms with van der Waals surface area (Å²) in [6.45, 7) is 0.609. The number of aliphatic carboxylic acids is 1. The fraction of sp³-hybridized carbons (Fsp3) is 0.922. The topological polar surface area (TPSA) is 541 Å². The minimum Gasteiger partial charge on any atom is -0.477 e. The molecule has 5 aliphatic rings. The molecular weight excluding hydrogens is 1460 g/mol. The summed E-state index contributed by atoms with van der Waals surface area (Å²) in [5, 5.41) is 196. The van der Waals surface area contributed by atoms with Crippen LogP contribution in [-0.2, 0) is 66.5 Å². The molecule has 10 unspecified atom stereocenters. The summed E-state index contributed by atoms with van der Waals surface area (Å²) in [4.78, 5) is 52.1. The Hall–Kier alpha value is -3.42. The molecule has 5 saturated heterocycles. The number of aliphatic hydroxyl groups excluding tert-OH is 16. The molecule has 5 heterocycles. The Labute approximate surface area is 653 Å². The number of amides is 3. The fourth-order valence-corrected chi connectivity index (χ4v) is 14.9. The lowest BCUT2D eigenvalue weighted by molar-refractivity contribution is -0.383. The van der Waals surface area contributed by atoms with Gasteiger partial charge in [0.15, 0.2) is 25.2 Å². The van der Waals surface area contributed by atoms with E-state index < -0.39 is 235 Å². The Balaban J connectivity index is 1.26. The third kappa shape index (κ3) is 31.8. The lowest BCUT2D eigenvalue weighted by Crippen LogP contribution is -2.71. The van der Waals surface area contributed by atoms with Gasteiger partial charge in [0.05, 0.1) is 63.9 Å². The Morgan fingerprint density at radius 2 is 0.892 bits per heavy atom. The number of carboxylic acids is 1. The predicted molar refractivity (Wildman–Crippen MR) is 397 cm³/mol. The van der Waals surface area contributed by atoms with Crippen molar-refractivity contribution in [3.8, 4) is 0 Å². The summed E-state index contributed by atoms with van der Waals surface area (Å²) in [5.41, 5.74) is 0. The zero-order valence-electron chi connectivity index (χ0n) is 65.6. The maximum atomic E-state index is 13.6. The molecule has 5 aliphatic heterocycles. The molecule has 5 rings (SSSR count). The number of unbranched alkanes of at least 4 members (excludes halogenated alkanes) is 29. The largest absolute Gasteiger partial charge is 0.477 e. The monoisotopic (exact) mass is 1600 g/mol. The second kappa shape index (κ2) is 53.1. The number of hydrogen-bond donors (Lipinski definition) is 20. The number of carbonyl (C=O) groups is 4. The first-order chi connectivity index (χ1) is 53.2. The number of nitrogens with one attached hydrogen (secondary N) is 3. The number of rotatable bonds is 56. The highest BCUT2D eigenvalue weighted by molar-refractivity contribution is 5.77. The molecule has 34 heteroatoms. The van der Waals surface area contributed by atoms with Gasteiger partial charge in [-0.3, -0.25) is 14.4 Å². The van der Waals surface area contributed by atoms with E-state index in [0.717, 1.165) is 65.2 Å². The molecular formula is C77H139N3O31. The first-order valence-electron chi connectivity index (χ1n) is 41.1. The van der Waals surface area contributed by atoms with Crippen molar-refractivity contribution < 1.29 is 153 Å². The Morgan fingerprint density at radius 3 is 1.36 bits per heavy atom. The molecule has 0 spiro atoms. The van der Waals surface area contributed by atoms with E-state index in [4.69, 9.17) is 47.4 Å². The Morgan fingerprint density at radius 1 is 0.477 bits per heavy atom. The van der Waals surface area contributed by atoms with Gasteiger partial charge in [0.2, 0.25) is 17.7 Å². The summed E-state index contributed by atoms with van der Waals surface area (Å²) in [6, 6.07) is -4.63. The van der Waals surface area contributed by atoms with Gasteiger partial charge in [-0.15, -0.1) is 0 Å². The van der Waals surface area contributed by atoms with Crippen LogP contribution in [0.25, 0.3) is 0 Å². The van der Waals surface area contributed by atoms with Crippen LogP contribution in [0.2, 0.25) is 0 Å². The van der Waals surface area contributed by atoms with Crippen molar-refractivity contribution in [2.24, 2.45) is 0 Å². The van der Waals surface area contributed by atoms with Crippen LogP contribution in [-0.4, -0.2) is 321 Å². The quantitative estimate of drug-likeness (QED) is 0.0291. The van der Waals surface area contributed by atoms with Crippen molar-refractivity contribution in [3.05, 3.63) is 12.2 Å². The van der Waals surface area contributed by atoms with Crippen molar-refractivity contribution in [2.45, 2.75) is 411 Å². The van der Waals surface area contributed by atoms with Crippen molar-refractivity contribution >= 4 is 23.7 Å². The molecule has 3 amide bonds. The molecule has 28 atom stereocenters. The van der Waals surface area contributed by atoms with E-state index in [0.29, 0.717) is 12.8 Å². The van der Waals surface area contributed by atoms with Crippen molar-refractivity contribution in [3.63, 3.8) is 0 Å². The van der Waals surface area contributed by atoms with E-state index in [9.17, 15) is 106 Å². The lowest BCUT2D eigenvalue weighted by atomic mass is 9.88. The highest BCUT2D eigenvalue weighted by Crippen LogP contribution is 2.39. The smallest absolute Gasteiger partial charge is 0.364 e. The lowest BCUT2D eigenvalue weighted by Gasteiger charge is -2.51. The van der Waals surface area contributed by atoms with Gasteiger partial charge in [0.25, 0.3) is 5.79 Å². The van der Waals surface area contributed by atoms with Crippen LogP contribution in [0.5, 0.6) is 0 Å². The minimum atomic E-state index is -3.08. The molecule has 5 fully saturated rings. The molecule has 111 heavy (non-hydrogen) atoms. The number of allylic oxidation sites excluding steroid dienone is 1. The van der Waals surface area contributed by atoms with Gasteiger partial charge in [-0.05, 0) is 19.3 Å². The van der Waals surface area contributed by atoms with Crippen LogP contribution in [0.15, 0.2) is 12.2 Å². The van der Waals surface area contributed by atoms with Gasteiger partial charge >= 0.3 is 5.97 Å². The zero-order chi connectivity index (χ0) is 81.6. The first-order valence-corrected chi connectivity index (χ1v) is 41.1. The second-order valence-corrected chi connectivity index (χ2v) is 30.7. The number of aliphatic hydroxyl groups is 16. The minimum absolute atomic E-state index is 0.169. The van der Waals surface area contributed by atoms with Crippen LogP contribution < -0.4 is 16.0 Å². The molecule has 0 aromatic carbocycles. The normalized spacial score (nSPS) is 33.8. The van der Waals surface area contributed by atoms with E-state index in [2.05, 4.69) is 29.8 Å². The second-order valence-electron chi connectivity index (χ2n) is 30.7. The summed E-state index contributed by atoms with van der Waals surface area (Å²) in [7, 11) is 0. The van der Waals surface area contributed by atoms with Crippen LogP contribution in [0, 0.1) is 0 Å². The highest BCUT2D eigenvalue weighted by Gasteiger charge is 2.60. The summed E-state index contributed by atoms with van der Waals surface area (Å²) in [6.07, 6.45) is -8.90. The van der Waals surface area contributed by atoms with Crippen LogP contribution >= 0.6 is 0 Å². The van der Waals surface area contributed by atoms with Gasteiger partial charge < -0.3 is 150 Å². The van der Waals surface area contributed by atoms with Gasteiger partial charge in [-0.1, -0.05) is 206 Å². The van der Waals surface area contributed by atoms with Gasteiger partial charge in [0, 0.05) is 26.7 Å². The van der Waals surface area contributed by atoms with Gasteiger partial charge in [-0.2, -0.15) is 0 Å². The van der Waals surface area contributed by atoms with Crippen molar-refractivity contribution in [2.75, 3.05) is 39.6 Å². The van der Waals surface area contributed by atoms with Crippen molar-refractivity contribution in [1.29, 1.82) is 0 Å². The molecule has 0 saturated carbocycles. The third-order valence-electron chi connectivity index (χ3n) is 21.6. The van der Waals surface area contributed by atoms with Crippen molar-refractivity contribution in [1.82, 2.24) is 16.0 Å². The molecule has 0 aliphatic carbocycles. The van der Waals surface area contributed by atoms with E-state index in [-0.39, 0.29) is 12.3 Å². The van der Waals surface area contributed by atoms with E-state index in [1.165, 1.54) is 135 Å². The number of carbonyl (C=O) groups excluding carboxylic acids is 3. The molecule has 0 aromatic heterocycles. The highest BCUT2D eigenvalue weighted by atomic mass is 16.8. The summed E-state index contributed by atoms with van der Waals surface area (Å²) < 4.78 is 59.2. The summed E-state index contributed by atoms with van der Waals surface area (Å²) in [5.74, 6) is -7.17. The maximum Gasteiger partial charge on any atom is 0.364 e. The standard InChI is InChI=1S/C77H139N3O31/c1-5-7-9-11-13-15-17-19-20-21-22-23-24-26-28-30-32-34-36-38-56(90)80-48(49(87)37-35-33-31-29-27-25-18-16-14-12-10-8-6-2)44-102-73-66(98)63(95)69(53(42-83)105-73)109-75-67(99)64(96)68(54(43-84)106-75)108-72-58(79-47(4)86)70(110-74-65(97)62(94)60(92)52(41-82)104-74)61(93)55(107-72)45-103-77(76(100)101)39-50(88)57(78-46(3)85)71(111-77)59(91)51(89)40-81/h35,37,48-55,57-75,81-84,87-89,91-99H,5-34,36,38-45H2,1-4H3,(H,78,85)(H,79,86)(H,80,90)(H,100,101)/b37-35+/t48-,49+,50?,51+,52?,53?,54?,55?,57+,58?,59+,60-,61-,62-,63+,64+,65?,66?,67?,68-,69+,70+,71?,72-,73+,74-,75-,77+/m0/s1. The maximum absolute atomic E-state index is 13.6. The van der Waals surface area contributed by atoms with E-state index >= 15 is 0 Å². The number of hydrogen-bond acceptors (Lipinski definition) is 30. The van der Waals surface area contributed by atoms with Crippen LogP contribution in [0.1, 0.15) is 240 Å². The molecule has 20 N–H and O–H groups in total. The fourth-order valence-electron chi connectivity index (χ4n) is 14.9. The molecule has 34 nitrogen and oxygen atoms in total. The first kappa shape index (κ1) is 98.2. The van der Waals surface area contributed by atoms with Crippen LogP contribution in [0.3, 0.4) is 0 Å². The molecule has 0 aromatic rings. The number of carboxylic acid groups (broad SMARTS) is 1. The van der Waals surface area contributed by atoms with Gasteiger partial charge in [0.1, 0.15) is 116 Å². The zero-order valence-corrected chi connectivity index (χ0v) is 65.6.